The number of hydrogen-bond donors (Lipinski definition) is 0. The topological polar surface area (TPSA) is 63.7 Å². The van der Waals surface area contributed by atoms with Gasteiger partial charge in [0.15, 0.2) is 0 Å². The molecule has 1 aromatic carbocycles. The molecular formula is C14H19NO4S. The molecule has 1 aromatic rings. The first kappa shape index (κ1) is 15.0. The lowest BCUT2D eigenvalue weighted by Crippen LogP contribution is -2.30. The number of carbonyl (C=O) groups is 1. The van der Waals surface area contributed by atoms with Gasteiger partial charge in [-0.15, -0.1) is 0 Å². The molecule has 1 aliphatic heterocycles. The molecule has 0 saturated carbocycles. The Balaban J connectivity index is 2.18. The number of rotatable bonds is 4. The SMILES string of the molecule is CCOC(=O)[C@@H]1CN(S(=O)(=O)c2ccccc2)C[C@H]1C. The van der Waals surface area contributed by atoms with Gasteiger partial charge in [0, 0.05) is 13.1 Å². The Morgan fingerprint density at radius 2 is 1.95 bits per heavy atom. The molecule has 0 radical (unpaired) electrons. The highest BCUT2D eigenvalue weighted by molar-refractivity contribution is 7.89. The molecule has 1 fully saturated rings. The van der Waals surface area contributed by atoms with Crippen LogP contribution in [0.5, 0.6) is 0 Å². The summed E-state index contributed by atoms with van der Waals surface area (Å²) in [7, 11) is -3.53. The first-order chi connectivity index (χ1) is 9.46. The van der Waals surface area contributed by atoms with Crippen LogP contribution in [0.25, 0.3) is 0 Å². The predicted molar refractivity (Wildman–Crippen MR) is 74.5 cm³/mol. The Kier molecular flexibility index (Phi) is 4.45. The number of benzene rings is 1. The summed E-state index contributed by atoms with van der Waals surface area (Å²) in [4.78, 5) is 12.1. The van der Waals surface area contributed by atoms with Crippen molar-refractivity contribution in [3.05, 3.63) is 30.3 Å². The predicted octanol–water partition coefficient (Wildman–Crippen LogP) is 1.51. The van der Waals surface area contributed by atoms with Gasteiger partial charge in [0.25, 0.3) is 0 Å². The van der Waals surface area contributed by atoms with Gasteiger partial charge in [0.1, 0.15) is 0 Å². The van der Waals surface area contributed by atoms with Crippen molar-refractivity contribution in [1.29, 1.82) is 0 Å². The number of ether oxygens (including phenoxy) is 1. The average molecular weight is 297 g/mol. The highest BCUT2D eigenvalue weighted by Gasteiger charge is 2.41. The molecule has 0 bridgehead atoms. The maximum atomic E-state index is 12.5. The summed E-state index contributed by atoms with van der Waals surface area (Å²) in [6.07, 6.45) is 0. The highest BCUT2D eigenvalue weighted by Crippen LogP contribution is 2.29. The molecule has 0 spiro atoms. The van der Waals surface area contributed by atoms with Gasteiger partial charge in [-0.2, -0.15) is 4.31 Å². The summed E-state index contributed by atoms with van der Waals surface area (Å²) in [5.74, 6) is -0.730. The van der Waals surface area contributed by atoms with Crippen molar-refractivity contribution < 1.29 is 17.9 Å². The van der Waals surface area contributed by atoms with E-state index < -0.39 is 10.0 Å². The molecule has 1 saturated heterocycles. The van der Waals surface area contributed by atoms with Gasteiger partial charge in [-0.05, 0) is 25.0 Å². The summed E-state index contributed by atoms with van der Waals surface area (Å²) in [5.41, 5.74) is 0. The van der Waals surface area contributed by atoms with E-state index in [0.29, 0.717) is 13.2 Å². The van der Waals surface area contributed by atoms with E-state index >= 15 is 0 Å². The normalized spacial score (nSPS) is 23.7. The molecule has 0 N–H and O–H groups in total. The van der Waals surface area contributed by atoms with Crippen LogP contribution in [0.1, 0.15) is 13.8 Å². The fourth-order valence-electron chi connectivity index (χ4n) is 2.42. The molecule has 0 aromatic heterocycles. The molecule has 110 valence electrons. The van der Waals surface area contributed by atoms with Gasteiger partial charge in [0.2, 0.25) is 10.0 Å². The zero-order chi connectivity index (χ0) is 14.8. The molecule has 0 amide bonds. The molecule has 0 aliphatic carbocycles. The van der Waals surface area contributed by atoms with E-state index in [1.165, 1.54) is 4.31 Å². The van der Waals surface area contributed by atoms with Gasteiger partial charge in [-0.1, -0.05) is 25.1 Å². The maximum Gasteiger partial charge on any atom is 0.310 e. The summed E-state index contributed by atoms with van der Waals surface area (Å²) in [6, 6.07) is 8.28. The van der Waals surface area contributed by atoms with Crippen LogP contribution in [0, 0.1) is 11.8 Å². The second kappa shape index (κ2) is 5.93. The van der Waals surface area contributed by atoms with Crippen molar-refractivity contribution in [2.45, 2.75) is 18.7 Å². The van der Waals surface area contributed by atoms with E-state index in [-0.39, 0.29) is 29.2 Å². The largest absolute Gasteiger partial charge is 0.466 e. The quantitative estimate of drug-likeness (QED) is 0.790. The van der Waals surface area contributed by atoms with Crippen molar-refractivity contribution >= 4 is 16.0 Å². The maximum absolute atomic E-state index is 12.5. The number of nitrogens with zero attached hydrogens (tertiary/aromatic N) is 1. The minimum absolute atomic E-state index is 0.0347. The van der Waals surface area contributed by atoms with Crippen LogP contribution in [0.4, 0.5) is 0 Å². The first-order valence-corrected chi connectivity index (χ1v) is 8.12. The van der Waals surface area contributed by atoms with Crippen molar-refractivity contribution in [2.75, 3.05) is 19.7 Å². The lowest BCUT2D eigenvalue weighted by atomic mass is 9.99. The third-order valence-electron chi connectivity index (χ3n) is 3.55. The Hall–Kier alpha value is -1.40. The third-order valence-corrected chi connectivity index (χ3v) is 5.40. The molecule has 1 heterocycles. The number of carbonyl (C=O) groups excluding carboxylic acids is 1. The molecule has 6 heteroatoms. The van der Waals surface area contributed by atoms with Crippen LogP contribution in [-0.2, 0) is 19.6 Å². The van der Waals surface area contributed by atoms with E-state index in [0.717, 1.165) is 0 Å². The van der Waals surface area contributed by atoms with Crippen LogP contribution >= 0.6 is 0 Å². The van der Waals surface area contributed by atoms with Crippen molar-refractivity contribution in [3.8, 4) is 0 Å². The van der Waals surface area contributed by atoms with Crippen LogP contribution in [0.3, 0.4) is 0 Å². The second-order valence-electron chi connectivity index (χ2n) is 4.97. The highest BCUT2D eigenvalue weighted by atomic mass is 32.2. The third kappa shape index (κ3) is 2.86. The standard InChI is InChI=1S/C14H19NO4S/c1-3-19-14(16)13-10-15(9-11(13)2)20(17,18)12-7-5-4-6-8-12/h4-8,11,13H,3,9-10H2,1-2H3/t11-,13-/m1/s1. The lowest BCUT2D eigenvalue weighted by molar-refractivity contribution is -0.148. The molecule has 1 aliphatic rings. The van der Waals surface area contributed by atoms with Crippen LogP contribution in [0.15, 0.2) is 35.2 Å². The van der Waals surface area contributed by atoms with Crippen molar-refractivity contribution in [3.63, 3.8) is 0 Å². The lowest BCUT2D eigenvalue weighted by Gasteiger charge is -2.16. The second-order valence-corrected chi connectivity index (χ2v) is 6.91. The van der Waals surface area contributed by atoms with E-state index in [9.17, 15) is 13.2 Å². The van der Waals surface area contributed by atoms with E-state index in [4.69, 9.17) is 4.74 Å². The van der Waals surface area contributed by atoms with Gasteiger partial charge >= 0.3 is 5.97 Å². The molecule has 5 nitrogen and oxygen atoms in total. The van der Waals surface area contributed by atoms with E-state index in [1.807, 2.05) is 6.92 Å². The van der Waals surface area contributed by atoms with Crippen LogP contribution in [-0.4, -0.2) is 38.4 Å². The average Bonchev–Trinajstić information content (AvgIpc) is 2.83. The van der Waals surface area contributed by atoms with Gasteiger partial charge in [-0.3, -0.25) is 4.79 Å². The van der Waals surface area contributed by atoms with Crippen molar-refractivity contribution in [1.82, 2.24) is 4.31 Å². The molecule has 2 atom stereocenters. The fourth-order valence-corrected chi connectivity index (χ4v) is 4.00. The van der Waals surface area contributed by atoms with Crippen LogP contribution < -0.4 is 0 Å². The smallest absolute Gasteiger partial charge is 0.310 e. The Morgan fingerprint density at radius 1 is 1.30 bits per heavy atom. The van der Waals surface area contributed by atoms with Gasteiger partial charge in [0.05, 0.1) is 17.4 Å². The van der Waals surface area contributed by atoms with E-state index in [2.05, 4.69) is 0 Å². The minimum atomic E-state index is -3.53. The van der Waals surface area contributed by atoms with Crippen LogP contribution in [0.2, 0.25) is 0 Å². The molecular weight excluding hydrogens is 278 g/mol. The fraction of sp³-hybridized carbons (Fsp3) is 0.500. The zero-order valence-corrected chi connectivity index (χ0v) is 12.5. The van der Waals surface area contributed by atoms with Crippen molar-refractivity contribution in [2.24, 2.45) is 11.8 Å². The van der Waals surface area contributed by atoms with E-state index in [1.54, 1.807) is 37.3 Å². The minimum Gasteiger partial charge on any atom is -0.466 e. The number of esters is 1. The Bertz CT molecular complexity index is 570. The molecule has 20 heavy (non-hydrogen) atoms. The first-order valence-electron chi connectivity index (χ1n) is 6.68. The summed E-state index contributed by atoms with van der Waals surface area (Å²) >= 11 is 0. The summed E-state index contributed by atoms with van der Waals surface area (Å²) in [5, 5.41) is 0. The Labute approximate surface area is 119 Å². The van der Waals surface area contributed by atoms with Gasteiger partial charge < -0.3 is 4.74 Å². The molecule has 2 rings (SSSR count). The van der Waals surface area contributed by atoms with Gasteiger partial charge in [-0.25, -0.2) is 8.42 Å². The summed E-state index contributed by atoms with van der Waals surface area (Å²) in [6.45, 7) is 4.48. The number of hydrogen-bond acceptors (Lipinski definition) is 4. The Morgan fingerprint density at radius 3 is 2.55 bits per heavy atom. The monoisotopic (exact) mass is 297 g/mol. The number of sulfonamides is 1. The summed E-state index contributed by atoms with van der Waals surface area (Å²) < 4.78 is 31.3. The molecule has 0 unspecified atom stereocenters. The zero-order valence-electron chi connectivity index (χ0n) is 11.7.